The zero-order chi connectivity index (χ0) is 9.80. The predicted molar refractivity (Wildman–Crippen MR) is 66.5 cm³/mol. The van der Waals surface area contributed by atoms with Crippen molar-refractivity contribution >= 4 is 12.4 Å². The van der Waals surface area contributed by atoms with Crippen LogP contribution >= 0.6 is 12.4 Å². The number of piperazine rings is 1. The maximum absolute atomic E-state index is 6.00. The number of hydrogen-bond donors (Lipinski definition) is 2. The van der Waals surface area contributed by atoms with E-state index in [4.69, 9.17) is 5.73 Å². The molecule has 2 atom stereocenters. The van der Waals surface area contributed by atoms with Crippen molar-refractivity contribution in [2.75, 3.05) is 32.7 Å². The first-order valence-corrected chi connectivity index (χ1v) is 6.03. The monoisotopic (exact) mass is 233 g/mol. The first-order valence-electron chi connectivity index (χ1n) is 6.03. The molecule has 2 unspecified atom stereocenters. The maximum Gasteiger partial charge on any atom is 0.0107 e. The minimum absolute atomic E-state index is 0. The SMILES string of the molecule is Cl.NC1CCCC(CN2CCNCC2)C1. The van der Waals surface area contributed by atoms with Gasteiger partial charge in [0.1, 0.15) is 0 Å². The van der Waals surface area contributed by atoms with Gasteiger partial charge in [0, 0.05) is 38.8 Å². The Balaban J connectivity index is 0.00000112. The summed E-state index contributed by atoms with van der Waals surface area (Å²) in [4.78, 5) is 2.60. The zero-order valence-electron chi connectivity index (χ0n) is 9.45. The van der Waals surface area contributed by atoms with Gasteiger partial charge in [-0.3, -0.25) is 0 Å². The molecule has 1 aliphatic carbocycles. The topological polar surface area (TPSA) is 41.3 Å². The highest BCUT2D eigenvalue weighted by Gasteiger charge is 2.21. The lowest BCUT2D eigenvalue weighted by atomic mass is 9.86. The van der Waals surface area contributed by atoms with Crippen LogP contribution in [0.2, 0.25) is 0 Å². The van der Waals surface area contributed by atoms with Gasteiger partial charge in [0.25, 0.3) is 0 Å². The number of rotatable bonds is 2. The molecule has 1 heterocycles. The third kappa shape index (κ3) is 4.27. The zero-order valence-corrected chi connectivity index (χ0v) is 10.3. The van der Waals surface area contributed by atoms with E-state index in [-0.39, 0.29) is 12.4 Å². The van der Waals surface area contributed by atoms with E-state index < -0.39 is 0 Å². The van der Waals surface area contributed by atoms with Crippen LogP contribution in [0.1, 0.15) is 25.7 Å². The second kappa shape index (κ2) is 6.69. The summed E-state index contributed by atoms with van der Waals surface area (Å²) in [7, 11) is 0. The van der Waals surface area contributed by atoms with Crippen molar-refractivity contribution in [1.29, 1.82) is 0 Å². The van der Waals surface area contributed by atoms with E-state index in [2.05, 4.69) is 10.2 Å². The molecule has 2 aliphatic rings. The van der Waals surface area contributed by atoms with Crippen LogP contribution < -0.4 is 11.1 Å². The van der Waals surface area contributed by atoms with Gasteiger partial charge in [-0.15, -0.1) is 12.4 Å². The van der Waals surface area contributed by atoms with Gasteiger partial charge in [0.05, 0.1) is 0 Å². The molecule has 0 aromatic rings. The van der Waals surface area contributed by atoms with Gasteiger partial charge in [0.2, 0.25) is 0 Å². The molecular weight excluding hydrogens is 210 g/mol. The van der Waals surface area contributed by atoms with E-state index in [1.807, 2.05) is 0 Å². The molecule has 2 fully saturated rings. The van der Waals surface area contributed by atoms with E-state index >= 15 is 0 Å². The van der Waals surface area contributed by atoms with Gasteiger partial charge in [-0.2, -0.15) is 0 Å². The Kier molecular flexibility index (Phi) is 5.90. The van der Waals surface area contributed by atoms with Crippen molar-refractivity contribution in [1.82, 2.24) is 10.2 Å². The van der Waals surface area contributed by atoms with Crippen molar-refractivity contribution in [2.24, 2.45) is 11.7 Å². The van der Waals surface area contributed by atoms with E-state index in [1.165, 1.54) is 58.4 Å². The van der Waals surface area contributed by atoms with Crippen LogP contribution in [-0.2, 0) is 0 Å². The van der Waals surface area contributed by atoms with Crippen molar-refractivity contribution < 1.29 is 0 Å². The Hall–Kier alpha value is 0.170. The van der Waals surface area contributed by atoms with Crippen LogP contribution in [0.15, 0.2) is 0 Å². The number of halogens is 1. The fourth-order valence-corrected chi connectivity index (χ4v) is 2.76. The van der Waals surface area contributed by atoms with Crippen LogP contribution in [0.25, 0.3) is 0 Å². The fraction of sp³-hybridized carbons (Fsp3) is 1.00. The molecule has 90 valence electrons. The van der Waals surface area contributed by atoms with Gasteiger partial charge in [-0.05, 0) is 25.2 Å². The molecule has 0 aromatic carbocycles. The molecule has 2 rings (SSSR count). The first kappa shape index (κ1) is 13.2. The van der Waals surface area contributed by atoms with Crippen LogP contribution in [0.4, 0.5) is 0 Å². The molecule has 0 radical (unpaired) electrons. The number of nitrogens with zero attached hydrogens (tertiary/aromatic N) is 1. The van der Waals surface area contributed by atoms with Crippen molar-refractivity contribution in [3.63, 3.8) is 0 Å². The molecular formula is C11H24ClN3. The minimum Gasteiger partial charge on any atom is -0.328 e. The van der Waals surface area contributed by atoms with Gasteiger partial charge in [0.15, 0.2) is 0 Å². The van der Waals surface area contributed by atoms with E-state index in [0.29, 0.717) is 6.04 Å². The second-order valence-corrected chi connectivity index (χ2v) is 4.84. The number of nitrogens with two attached hydrogens (primary N) is 1. The molecule has 0 aromatic heterocycles. The molecule has 4 heteroatoms. The molecule has 0 bridgehead atoms. The largest absolute Gasteiger partial charge is 0.328 e. The summed E-state index contributed by atoms with van der Waals surface area (Å²) in [6, 6.07) is 0.483. The third-order valence-corrected chi connectivity index (χ3v) is 3.55. The van der Waals surface area contributed by atoms with Crippen molar-refractivity contribution in [3.05, 3.63) is 0 Å². The van der Waals surface area contributed by atoms with Crippen LogP contribution in [0.5, 0.6) is 0 Å². The van der Waals surface area contributed by atoms with Crippen molar-refractivity contribution in [2.45, 2.75) is 31.7 Å². The first-order chi connectivity index (χ1) is 6.84. The summed E-state index contributed by atoms with van der Waals surface area (Å²) in [5.41, 5.74) is 6.00. The van der Waals surface area contributed by atoms with Crippen LogP contribution in [0.3, 0.4) is 0 Å². The van der Waals surface area contributed by atoms with E-state index in [0.717, 1.165) is 5.92 Å². The molecule has 3 nitrogen and oxygen atoms in total. The van der Waals surface area contributed by atoms with Gasteiger partial charge < -0.3 is 16.0 Å². The third-order valence-electron chi connectivity index (χ3n) is 3.55. The van der Waals surface area contributed by atoms with E-state index in [1.54, 1.807) is 0 Å². The Morgan fingerprint density at radius 2 is 1.93 bits per heavy atom. The lowest BCUT2D eigenvalue weighted by Gasteiger charge is -2.34. The molecule has 1 saturated heterocycles. The summed E-state index contributed by atoms with van der Waals surface area (Å²) in [6.45, 7) is 6.07. The average molecular weight is 234 g/mol. The fourth-order valence-electron chi connectivity index (χ4n) is 2.76. The van der Waals surface area contributed by atoms with Crippen LogP contribution in [0, 0.1) is 5.92 Å². The lowest BCUT2D eigenvalue weighted by molar-refractivity contribution is 0.176. The van der Waals surface area contributed by atoms with Gasteiger partial charge in [-0.1, -0.05) is 6.42 Å². The maximum atomic E-state index is 6.00. The summed E-state index contributed by atoms with van der Waals surface area (Å²) in [5.74, 6) is 0.872. The molecule has 1 saturated carbocycles. The number of hydrogen-bond acceptors (Lipinski definition) is 3. The normalized spacial score (nSPS) is 33.4. The lowest BCUT2D eigenvalue weighted by Crippen LogP contribution is -2.46. The number of nitrogens with one attached hydrogen (secondary N) is 1. The van der Waals surface area contributed by atoms with E-state index in [9.17, 15) is 0 Å². The van der Waals surface area contributed by atoms with Crippen molar-refractivity contribution in [3.8, 4) is 0 Å². The molecule has 0 amide bonds. The smallest absolute Gasteiger partial charge is 0.0107 e. The molecule has 3 N–H and O–H groups in total. The molecule has 1 aliphatic heterocycles. The highest BCUT2D eigenvalue weighted by molar-refractivity contribution is 5.85. The Bertz CT molecular complexity index is 171. The summed E-state index contributed by atoms with van der Waals surface area (Å²) < 4.78 is 0. The highest BCUT2D eigenvalue weighted by Crippen LogP contribution is 2.23. The average Bonchev–Trinajstić information content (AvgIpc) is 2.19. The summed E-state index contributed by atoms with van der Waals surface area (Å²) in [5, 5.41) is 3.39. The Morgan fingerprint density at radius 1 is 1.20 bits per heavy atom. The molecule has 15 heavy (non-hydrogen) atoms. The summed E-state index contributed by atoms with van der Waals surface area (Å²) in [6.07, 6.45) is 5.25. The standard InChI is InChI=1S/C11H23N3.ClH/c12-11-3-1-2-10(8-11)9-14-6-4-13-5-7-14;/h10-11,13H,1-9,12H2;1H. The Morgan fingerprint density at radius 3 is 2.60 bits per heavy atom. The van der Waals surface area contributed by atoms with Crippen LogP contribution in [-0.4, -0.2) is 43.7 Å². The van der Waals surface area contributed by atoms with Gasteiger partial charge in [-0.25, -0.2) is 0 Å². The highest BCUT2D eigenvalue weighted by atomic mass is 35.5. The Labute approximate surface area is 99.2 Å². The molecule has 0 spiro atoms. The minimum atomic E-state index is 0. The summed E-state index contributed by atoms with van der Waals surface area (Å²) >= 11 is 0. The second-order valence-electron chi connectivity index (χ2n) is 4.84. The van der Waals surface area contributed by atoms with Gasteiger partial charge >= 0.3 is 0 Å². The quantitative estimate of drug-likeness (QED) is 0.743. The predicted octanol–water partition coefficient (Wildman–Crippen LogP) is 0.831.